The van der Waals surface area contributed by atoms with Crippen LogP contribution in [0.15, 0.2) is 40.8 Å². The lowest BCUT2D eigenvalue weighted by molar-refractivity contribution is 0.0655. The fourth-order valence-corrected chi connectivity index (χ4v) is 1.71. The summed E-state index contributed by atoms with van der Waals surface area (Å²) in [5.41, 5.74) is 5.51. The van der Waals surface area contributed by atoms with Gasteiger partial charge in [-0.1, -0.05) is 12.1 Å². The Kier molecular flexibility index (Phi) is 3.74. The molecule has 0 aliphatic rings. The van der Waals surface area contributed by atoms with Crippen LogP contribution in [0.3, 0.4) is 0 Å². The smallest absolute Gasteiger partial charge is 0.371 e. The zero-order chi connectivity index (χ0) is 14.7. The molecule has 2 aromatic rings. The molecule has 6 heteroatoms. The zero-order valence-corrected chi connectivity index (χ0v) is 10.7. The highest BCUT2D eigenvalue weighted by Gasteiger charge is 2.17. The number of aromatic carboxylic acids is 1. The number of carboxylic acids is 1. The minimum Gasteiger partial charge on any atom is -0.482 e. The average molecular weight is 275 g/mol. The summed E-state index contributed by atoms with van der Waals surface area (Å²) in [6, 6.07) is 9.40. The van der Waals surface area contributed by atoms with Crippen molar-refractivity contribution in [2.75, 3.05) is 0 Å². The molecule has 20 heavy (non-hydrogen) atoms. The lowest BCUT2D eigenvalue weighted by Crippen LogP contribution is -2.14. The van der Waals surface area contributed by atoms with Crippen LogP contribution in [0, 0.1) is 0 Å². The van der Waals surface area contributed by atoms with Crippen LogP contribution in [0.2, 0.25) is 0 Å². The van der Waals surface area contributed by atoms with Crippen molar-refractivity contribution in [1.82, 2.24) is 0 Å². The van der Waals surface area contributed by atoms with Crippen LogP contribution in [0.1, 0.15) is 39.7 Å². The van der Waals surface area contributed by atoms with Gasteiger partial charge in [0.2, 0.25) is 5.76 Å². The van der Waals surface area contributed by atoms with E-state index in [2.05, 4.69) is 0 Å². The Morgan fingerprint density at radius 2 is 1.95 bits per heavy atom. The quantitative estimate of drug-likeness (QED) is 0.870. The maximum absolute atomic E-state index is 11.3. The summed E-state index contributed by atoms with van der Waals surface area (Å²) in [6.07, 6.45) is -0.552. The molecule has 6 nitrogen and oxygen atoms in total. The van der Waals surface area contributed by atoms with Crippen LogP contribution >= 0.6 is 0 Å². The standard InChI is InChI=1S/C14H13NO5/c1-8(10-6-7-12(20-10)14(17)18)19-11-5-3-2-4-9(11)13(15)16/h2-8H,1H3,(H2,15,16)(H,17,18). The summed E-state index contributed by atoms with van der Waals surface area (Å²) in [4.78, 5) is 22.0. The molecule has 0 fully saturated rings. The van der Waals surface area contributed by atoms with Gasteiger partial charge in [-0.2, -0.15) is 0 Å². The molecule has 0 saturated heterocycles. The third-order valence-corrected chi connectivity index (χ3v) is 2.69. The number of benzene rings is 1. The number of hydrogen-bond donors (Lipinski definition) is 2. The van der Waals surface area contributed by atoms with Crippen molar-refractivity contribution in [2.45, 2.75) is 13.0 Å². The third kappa shape index (κ3) is 2.80. The number of amides is 1. The van der Waals surface area contributed by atoms with Crippen molar-refractivity contribution in [3.63, 3.8) is 0 Å². The molecule has 0 aliphatic heterocycles. The summed E-state index contributed by atoms with van der Waals surface area (Å²) in [6.45, 7) is 1.68. The number of nitrogens with two attached hydrogens (primary N) is 1. The van der Waals surface area contributed by atoms with E-state index in [1.807, 2.05) is 0 Å². The van der Waals surface area contributed by atoms with E-state index in [9.17, 15) is 9.59 Å². The Hall–Kier alpha value is -2.76. The fraction of sp³-hybridized carbons (Fsp3) is 0.143. The van der Waals surface area contributed by atoms with Crippen LogP contribution in [-0.4, -0.2) is 17.0 Å². The number of carboxylic acid groups (broad SMARTS) is 1. The predicted molar refractivity (Wildman–Crippen MR) is 69.7 cm³/mol. The van der Waals surface area contributed by atoms with Crippen molar-refractivity contribution >= 4 is 11.9 Å². The molecule has 0 saturated carbocycles. The highest BCUT2D eigenvalue weighted by Crippen LogP contribution is 2.26. The van der Waals surface area contributed by atoms with Gasteiger partial charge in [-0.05, 0) is 31.2 Å². The van der Waals surface area contributed by atoms with E-state index in [-0.39, 0.29) is 11.3 Å². The summed E-state index contributed by atoms with van der Waals surface area (Å²) in [5.74, 6) is -1.25. The molecule has 1 atom stereocenters. The molecule has 0 bridgehead atoms. The Bertz CT molecular complexity index is 647. The number of rotatable bonds is 5. The summed E-state index contributed by atoms with van der Waals surface area (Å²) in [5, 5.41) is 8.79. The number of primary amides is 1. The van der Waals surface area contributed by atoms with Crippen molar-refractivity contribution in [3.05, 3.63) is 53.5 Å². The highest BCUT2D eigenvalue weighted by molar-refractivity contribution is 5.95. The molecule has 104 valence electrons. The van der Waals surface area contributed by atoms with Gasteiger partial charge >= 0.3 is 5.97 Å². The summed E-state index contributed by atoms with van der Waals surface area (Å²) in [7, 11) is 0. The van der Waals surface area contributed by atoms with E-state index in [4.69, 9.17) is 20.0 Å². The topological polar surface area (TPSA) is 103 Å². The van der Waals surface area contributed by atoms with Crippen LogP contribution in [0.4, 0.5) is 0 Å². The second-order valence-corrected chi connectivity index (χ2v) is 4.13. The Morgan fingerprint density at radius 1 is 1.25 bits per heavy atom. The lowest BCUT2D eigenvalue weighted by atomic mass is 10.2. The Morgan fingerprint density at radius 3 is 2.55 bits per heavy atom. The Balaban J connectivity index is 2.21. The van der Waals surface area contributed by atoms with Gasteiger partial charge in [-0.3, -0.25) is 4.79 Å². The molecule has 1 aromatic carbocycles. The molecule has 1 unspecified atom stereocenters. The van der Waals surface area contributed by atoms with Crippen LogP contribution in [-0.2, 0) is 0 Å². The van der Waals surface area contributed by atoms with Gasteiger partial charge in [0.1, 0.15) is 11.5 Å². The van der Waals surface area contributed by atoms with Gasteiger partial charge < -0.3 is 20.0 Å². The first kappa shape index (κ1) is 13.7. The molecule has 3 N–H and O–H groups in total. The van der Waals surface area contributed by atoms with E-state index in [0.29, 0.717) is 11.5 Å². The van der Waals surface area contributed by atoms with Crippen LogP contribution < -0.4 is 10.5 Å². The number of ether oxygens (including phenoxy) is 1. The summed E-state index contributed by atoms with van der Waals surface area (Å²) >= 11 is 0. The number of para-hydroxylation sites is 1. The molecular formula is C14H13NO5. The van der Waals surface area contributed by atoms with E-state index >= 15 is 0 Å². The SMILES string of the molecule is CC(Oc1ccccc1C(N)=O)c1ccc(C(=O)O)o1. The normalized spacial score (nSPS) is 11.8. The van der Waals surface area contributed by atoms with Crippen LogP contribution in [0.25, 0.3) is 0 Å². The van der Waals surface area contributed by atoms with E-state index < -0.39 is 18.0 Å². The van der Waals surface area contributed by atoms with E-state index in [0.717, 1.165) is 0 Å². The first-order chi connectivity index (χ1) is 9.49. The van der Waals surface area contributed by atoms with Gasteiger partial charge in [0.25, 0.3) is 5.91 Å². The van der Waals surface area contributed by atoms with Crippen molar-refractivity contribution in [1.29, 1.82) is 0 Å². The van der Waals surface area contributed by atoms with Gasteiger partial charge in [-0.15, -0.1) is 0 Å². The maximum atomic E-state index is 11.3. The van der Waals surface area contributed by atoms with Gasteiger partial charge in [-0.25, -0.2) is 4.79 Å². The molecule has 1 aromatic heterocycles. The Labute approximate surface area is 114 Å². The zero-order valence-electron chi connectivity index (χ0n) is 10.7. The third-order valence-electron chi connectivity index (χ3n) is 2.69. The molecule has 0 radical (unpaired) electrons. The monoisotopic (exact) mass is 275 g/mol. The van der Waals surface area contributed by atoms with Crippen molar-refractivity contribution in [3.8, 4) is 5.75 Å². The number of furan rings is 1. The second-order valence-electron chi connectivity index (χ2n) is 4.13. The molecule has 0 aliphatic carbocycles. The van der Waals surface area contributed by atoms with E-state index in [1.165, 1.54) is 12.1 Å². The fourth-order valence-electron chi connectivity index (χ4n) is 1.71. The minimum atomic E-state index is -1.15. The van der Waals surface area contributed by atoms with Crippen molar-refractivity contribution in [2.24, 2.45) is 5.73 Å². The molecule has 0 spiro atoms. The minimum absolute atomic E-state index is 0.168. The van der Waals surface area contributed by atoms with Gasteiger partial charge in [0.15, 0.2) is 6.10 Å². The number of carbonyl (C=O) groups is 2. The average Bonchev–Trinajstić information content (AvgIpc) is 2.89. The first-order valence-corrected chi connectivity index (χ1v) is 5.87. The molecule has 2 rings (SSSR count). The molecule has 1 amide bonds. The number of hydrogen-bond acceptors (Lipinski definition) is 4. The molecule has 1 heterocycles. The highest BCUT2D eigenvalue weighted by atomic mass is 16.5. The molecular weight excluding hydrogens is 262 g/mol. The maximum Gasteiger partial charge on any atom is 0.371 e. The van der Waals surface area contributed by atoms with Gasteiger partial charge in [0.05, 0.1) is 5.56 Å². The van der Waals surface area contributed by atoms with Crippen LogP contribution in [0.5, 0.6) is 5.75 Å². The summed E-state index contributed by atoms with van der Waals surface area (Å²) < 4.78 is 10.7. The van der Waals surface area contributed by atoms with Gasteiger partial charge in [0, 0.05) is 0 Å². The predicted octanol–water partition coefficient (Wildman–Crippen LogP) is 2.22. The van der Waals surface area contributed by atoms with E-state index in [1.54, 1.807) is 31.2 Å². The lowest BCUT2D eigenvalue weighted by Gasteiger charge is -2.14. The first-order valence-electron chi connectivity index (χ1n) is 5.87. The van der Waals surface area contributed by atoms with Crippen molar-refractivity contribution < 1.29 is 23.8 Å². The largest absolute Gasteiger partial charge is 0.482 e. The number of carbonyl (C=O) groups excluding carboxylic acids is 1. The second kappa shape index (κ2) is 5.48.